The van der Waals surface area contributed by atoms with E-state index in [2.05, 4.69) is 248 Å². The van der Waals surface area contributed by atoms with Gasteiger partial charge in [-0.3, -0.25) is 0 Å². The summed E-state index contributed by atoms with van der Waals surface area (Å²) in [6, 6.07) is 112. The van der Waals surface area contributed by atoms with Crippen molar-refractivity contribution < 1.29 is 25.0 Å². The van der Waals surface area contributed by atoms with E-state index in [4.69, 9.17) is 0 Å². The number of para-hydroxylation sites is 6. The van der Waals surface area contributed by atoms with E-state index in [0.717, 1.165) is 79.3 Å². The quantitative estimate of drug-likeness (QED) is 0.0734. The topological polar surface area (TPSA) is 29.7 Å². The van der Waals surface area contributed by atoms with Crippen LogP contribution in [-0.4, -0.2) is 9.97 Å². The van der Waals surface area contributed by atoms with E-state index in [1.165, 1.54) is 0 Å². The first-order valence-corrected chi connectivity index (χ1v) is 24.9. The Hall–Kier alpha value is -9.12. The molecule has 0 spiro atoms. The molecule has 0 atom stereocenters. The molecule has 76 heavy (non-hydrogen) atoms. The minimum absolute atomic E-state index is 0. The summed E-state index contributed by atoms with van der Waals surface area (Å²) in [5, 5.41) is 0. The Morgan fingerprint density at radius 1 is 0.303 bits per heavy atom. The predicted octanol–water partition coefficient (Wildman–Crippen LogP) is 17.8. The molecule has 0 aliphatic rings. The van der Waals surface area contributed by atoms with Gasteiger partial charge in [-0.1, -0.05) is 127 Å². The van der Waals surface area contributed by atoms with Crippen LogP contribution >= 0.6 is 0 Å². The van der Waals surface area contributed by atoms with Crippen molar-refractivity contribution in [3.63, 3.8) is 0 Å². The Balaban J connectivity index is 0.000000151. The van der Waals surface area contributed by atoms with Gasteiger partial charge in [0.05, 0.1) is 6.20 Å². The van der Waals surface area contributed by atoms with Crippen LogP contribution in [0.15, 0.2) is 316 Å². The minimum Gasteiger partial charge on any atom is -0.320 e. The average Bonchev–Trinajstić information content (AvgIpc) is 3.53. The van der Waals surface area contributed by atoms with Crippen LogP contribution in [0.3, 0.4) is 0 Å². The molecule has 5 nitrogen and oxygen atoms in total. The monoisotopic (exact) mass is 1150 g/mol. The van der Waals surface area contributed by atoms with Gasteiger partial charge >= 0.3 is 0 Å². The maximum atomic E-state index is 4.66. The molecule has 12 aromatic rings. The molecule has 0 fully saturated rings. The van der Waals surface area contributed by atoms with Crippen molar-refractivity contribution in [3.8, 4) is 33.8 Å². The van der Waals surface area contributed by atoms with Crippen molar-refractivity contribution in [2.45, 2.75) is 0 Å². The number of nitrogens with zero attached hydrogens (tertiary/aromatic N) is 5. The second-order valence-corrected chi connectivity index (χ2v) is 17.5. The number of rotatable bonds is 11. The Kier molecular flexibility index (Phi) is 17.2. The van der Waals surface area contributed by atoms with Gasteiger partial charge in [0.1, 0.15) is 51.2 Å². The molecule has 367 valence electrons. The molecule has 0 aliphatic heterocycles. The third-order valence-electron chi connectivity index (χ3n) is 13.0. The Bertz CT molecular complexity index is 3390. The molecule has 0 saturated heterocycles. The molecule has 0 bridgehead atoms. The fourth-order valence-electron chi connectivity index (χ4n) is 9.61. The summed E-state index contributed by atoms with van der Waals surface area (Å²) >= 11 is 0. The van der Waals surface area contributed by atoms with E-state index in [0.29, 0.717) is 8.97 Å². The predicted molar refractivity (Wildman–Crippen MR) is 309 cm³/mol. The fourth-order valence-corrected chi connectivity index (χ4v) is 9.61. The van der Waals surface area contributed by atoms with Crippen LogP contribution in [0.25, 0.3) is 33.8 Å². The molecule has 3 heterocycles. The van der Waals surface area contributed by atoms with Crippen LogP contribution in [0.4, 0.5) is 45.5 Å². The fraction of sp³-hybridized carbons (Fsp3) is 0. The first kappa shape index (κ1) is 51.8. The van der Waals surface area contributed by atoms with Crippen LogP contribution in [0.1, 0.15) is 0 Å². The van der Waals surface area contributed by atoms with Crippen LogP contribution in [0.5, 0.6) is 0 Å². The third-order valence-corrected chi connectivity index (χ3v) is 13.0. The molecule has 3 aromatic heterocycles. The van der Waals surface area contributed by atoms with Crippen LogP contribution in [-0.2, 0) is 20.4 Å². The van der Waals surface area contributed by atoms with E-state index in [1.54, 1.807) is 6.20 Å². The van der Waals surface area contributed by atoms with E-state index in [-0.39, 0.29) is 20.4 Å². The molecule has 12 rings (SSSR count). The summed E-state index contributed by atoms with van der Waals surface area (Å²) in [5.41, 5.74) is 15.1. The third kappa shape index (κ3) is 11.2. The van der Waals surface area contributed by atoms with Crippen molar-refractivity contribution in [2.75, 3.05) is 0 Å². The Labute approximate surface area is 461 Å². The van der Waals surface area contributed by atoms with Gasteiger partial charge < -0.3 is 14.5 Å². The average molecular weight is 1150 g/mol. The zero-order chi connectivity index (χ0) is 51.0. The minimum atomic E-state index is 0. The first-order chi connectivity index (χ1) is 37.2. The summed E-state index contributed by atoms with van der Waals surface area (Å²) in [6.07, 6.45) is 5.72. The van der Waals surface area contributed by atoms with E-state index < -0.39 is 0 Å². The van der Waals surface area contributed by atoms with Gasteiger partial charge in [-0.05, 0) is 23.5 Å². The number of hydrogen-bond acceptors (Lipinski definition) is 2. The normalized spacial score (nSPS) is 10.8. The summed E-state index contributed by atoms with van der Waals surface area (Å²) in [5.74, 6) is 0. The second-order valence-electron chi connectivity index (χ2n) is 17.5. The molecular formula is C70H54N5Re-. The van der Waals surface area contributed by atoms with Gasteiger partial charge in [-0.25, -0.2) is 0 Å². The largest absolute Gasteiger partial charge is 0.320 e. The van der Waals surface area contributed by atoms with Crippen molar-refractivity contribution in [1.29, 1.82) is 0 Å². The van der Waals surface area contributed by atoms with Crippen LogP contribution < -0.4 is 13.5 Å². The SMILES string of the molecule is [CH2-][n+]1ccc([N+](c2ccccc2)(c2ccccc2)c2ccccc2)cc1-c1[c-]cccc1.[Re].[c-]1ccccc1-c1cc([N+](c2ccccc2)(c2ccccc2)c2ccccc2)ccn1.[c-]1ccccc1-c1ccccn1. The molecule has 6 heteroatoms. The van der Waals surface area contributed by atoms with Gasteiger partial charge in [0.25, 0.3) is 0 Å². The summed E-state index contributed by atoms with van der Waals surface area (Å²) in [7, 11) is 4.23. The molecular weight excluding hydrogens is 1100 g/mol. The maximum absolute atomic E-state index is 4.66. The zero-order valence-corrected chi connectivity index (χ0v) is 44.6. The van der Waals surface area contributed by atoms with Gasteiger partial charge in [-0.2, -0.15) is 8.97 Å². The van der Waals surface area contributed by atoms with Gasteiger partial charge in [0.15, 0.2) is 0 Å². The molecule has 0 amide bonds. The Morgan fingerprint density at radius 2 is 0.645 bits per heavy atom. The number of quaternary nitrogens is 2. The summed E-state index contributed by atoms with van der Waals surface area (Å²) in [4.78, 5) is 8.88. The second kappa shape index (κ2) is 25.2. The van der Waals surface area contributed by atoms with Crippen LogP contribution in [0, 0.1) is 25.2 Å². The van der Waals surface area contributed by atoms with Crippen molar-refractivity contribution in [2.24, 2.45) is 0 Å². The van der Waals surface area contributed by atoms with Crippen molar-refractivity contribution >= 4 is 45.5 Å². The standard InChI is InChI=1S/C30H24N2.C29H22N2.C11H8N.Re/c1-31-23-22-29(24-30(31)25-14-6-2-7-15-25)32(26-16-8-3-9-17-26,27-18-10-4-11-19-27)28-20-12-5-13-21-28;1-5-13-24(14-6-1)29-23-28(21-22-30-29)31(25-15-7-2-8-16-25,26-17-9-3-10-18-26)27-19-11-4-12-20-27;1-2-6-10(7-3-1)11-8-4-5-9-12-11;/h2-14,16-24H,1H2;1-13,15-23H;1-6,8-9H;/q;;-1;. The van der Waals surface area contributed by atoms with E-state index >= 15 is 0 Å². The van der Waals surface area contributed by atoms with Crippen LogP contribution in [0.2, 0.25) is 0 Å². The van der Waals surface area contributed by atoms with Gasteiger partial charge in [-0.15, -0.1) is 102 Å². The number of pyridine rings is 3. The first-order valence-electron chi connectivity index (χ1n) is 24.9. The summed E-state index contributed by atoms with van der Waals surface area (Å²) < 4.78 is 2.83. The Morgan fingerprint density at radius 3 is 1.01 bits per heavy atom. The van der Waals surface area contributed by atoms with Crippen molar-refractivity contribution in [3.05, 3.63) is 341 Å². The number of benzene rings is 9. The maximum Gasteiger partial charge on any atom is 0.148 e. The van der Waals surface area contributed by atoms with Gasteiger partial charge in [0.2, 0.25) is 0 Å². The number of aromatic nitrogens is 3. The molecule has 0 unspecified atom stereocenters. The van der Waals surface area contributed by atoms with Gasteiger partial charge in [0, 0.05) is 131 Å². The number of hydrogen-bond donors (Lipinski definition) is 0. The summed E-state index contributed by atoms with van der Waals surface area (Å²) in [6.45, 7) is 0. The molecule has 9 aromatic carbocycles. The molecule has 1 radical (unpaired) electrons. The smallest absolute Gasteiger partial charge is 0.148 e. The molecule has 0 saturated carbocycles. The van der Waals surface area contributed by atoms with E-state index in [9.17, 15) is 0 Å². The van der Waals surface area contributed by atoms with Crippen molar-refractivity contribution in [1.82, 2.24) is 18.9 Å². The van der Waals surface area contributed by atoms with E-state index in [1.807, 2.05) is 102 Å². The molecule has 0 aliphatic carbocycles. The molecule has 0 N–H and O–H groups in total. The zero-order valence-electron chi connectivity index (χ0n) is 41.8.